The van der Waals surface area contributed by atoms with Gasteiger partial charge in [0.2, 0.25) is 0 Å². The Morgan fingerprint density at radius 1 is 1.10 bits per heavy atom. The molecule has 4 bridgehead atoms. The minimum atomic E-state index is 0.582. The number of nitrogens with one attached hydrogen (secondary N) is 1. The third-order valence-corrected chi connectivity index (χ3v) is 6.82. The third kappa shape index (κ3) is 2.25. The second-order valence-corrected chi connectivity index (χ2v) is 8.25. The molecule has 4 fully saturated rings. The van der Waals surface area contributed by atoms with Gasteiger partial charge in [0, 0.05) is 6.04 Å². The van der Waals surface area contributed by atoms with Crippen LogP contribution in [0.5, 0.6) is 0 Å². The molecule has 0 saturated heterocycles. The fourth-order valence-electron chi connectivity index (χ4n) is 6.50. The highest BCUT2D eigenvalue weighted by atomic mass is 14.9. The molecule has 0 unspecified atom stereocenters. The van der Waals surface area contributed by atoms with Gasteiger partial charge >= 0.3 is 0 Å². The molecule has 0 spiro atoms. The van der Waals surface area contributed by atoms with Gasteiger partial charge in [-0.25, -0.2) is 0 Å². The van der Waals surface area contributed by atoms with Gasteiger partial charge in [0.1, 0.15) is 0 Å². The summed E-state index contributed by atoms with van der Waals surface area (Å²) in [7, 11) is 2.13. The Morgan fingerprint density at radius 3 is 2.38 bits per heavy atom. The van der Waals surface area contributed by atoms with E-state index in [0.717, 1.165) is 23.7 Å². The molecular weight excluding hydrogens is 254 g/mol. The Bertz CT molecular complexity index is 480. The normalized spacial score (nSPS) is 42.2. The summed E-state index contributed by atoms with van der Waals surface area (Å²) in [5.41, 5.74) is 2.21. The monoisotopic (exact) mass is 283 g/mol. The third-order valence-electron chi connectivity index (χ3n) is 6.82. The van der Waals surface area contributed by atoms with Crippen molar-refractivity contribution in [2.75, 3.05) is 7.05 Å². The first-order chi connectivity index (χ1) is 10.2. The van der Waals surface area contributed by atoms with E-state index in [9.17, 15) is 0 Å². The van der Waals surface area contributed by atoms with Crippen LogP contribution in [-0.2, 0) is 0 Å². The van der Waals surface area contributed by atoms with Crippen LogP contribution in [0.4, 0.5) is 0 Å². The van der Waals surface area contributed by atoms with E-state index in [4.69, 9.17) is 0 Å². The van der Waals surface area contributed by atoms with Crippen LogP contribution in [0.15, 0.2) is 30.3 Å². The molecule has 1 heteroatoms. The maximum Gasteiger partial charge on any atom is 0.00412 e. The summed E-state index contributed by atoms with van der Waals surface area (Å²) >= 11 is 0. The summed E-state index contributed by atoms with van der Waals surface area (Å²) in [5, 5.41) is 3.51. The standard InChI is InChI=1S/C20H29N/c1-14(21-2)11-20-12-15-8-16(13-20)10-18(9-15)19(20)17-6-4-3-5-7-17/h3-7,14-16,18-19,21H,8-13H2,1-2H3/t14-,15+,16+,18?,19-,20?/m1/s1. The summed E-state index contributed by atoms with van der Waals surface area (Å²) < 4.78 is 0. The first kappa shape index (κ1) is 13.8. The molecule has 4 atom stereocenters. The molecule has 0 amide bonds. The number of hydrogen-bond acceptors (Lipinski definition) is 1. The topological polar surface area (TPSA) is 12.0 Å². The van der Waals surface area contributed by atoms with Crippen molar-refractivity contribution in [1.82, 2.24) is 5.32 Å². The van der Waals surface area contributed by atoms with Gasteiger partial charge in [-0.3, -0.25) is 0 Å². The highest BCUT2D eigenvalue weighted by Gasteiger charge is 2.57. The van der Waals surface area contributed by atoms with Gasteiger partial charge in [-0.15, -0.1) is 0 Å². The van der Waals surface area contributed by atoms with Crippen molar-refractivity contribution < 1.29 is 0 Å². The van der Waals surface area contributed by atoms with E-state index in [1.165, 1.54) is 38.5 Å². The first-order valence-electron chi connectivity index (χ1n) is 8.92. The average molecular weight is 283 g/mol. The zero-order chi connectivity index (χ0) is 14.4. The molecule has 4 aliphatic carbocycles. The lowest BCUT2D eigenvalue weighted by Gasteiger charge is -2.62. The van der Waals surface area contributed by atoms with Gasteiger partial charge in [-0.05, 0) is 87.1 Å². The molecule has 5 rings (SSSR count). The van der Waals surface area contributed by atoms with E-state index in [0.29, 0.717) is 11.5 Å². The highest BCUT2D eigenvalue weighted by molar-refractivity contribution is 5.27. The van der Waals surface area contributed by atoms with Crippen LogP contribution in [0, 0.1) is 23.2 Å². The van der Waals surface area contributed by atoms with Crippen LogP contribution in [0.2, 0.25) is 0 Å². The van der Waals surface area contributed by atoms with E-state index in [-0.39, 0.29) is 0 Å². The predicted octanol–water partition coefficient (Wildman–Crippen LogP) is 4.59. The molecule has 0 heterocycles. The summed E-state index contributed by atoms with van der Waals surface area (Å²) in [6, 6.07) is 12.1. The molecule has 1 aromatic carbocycles. The van der Waals surface area contributed by atoms with Crippen molar-refractivity contribution in [2.45, 2.75) is 57.4 Å². The molecule has 4 aliphatic rings. The molecule has 0 aromatic heterocycles. The van der Waals surface area contributed by atoms with E-state index < -0.39 is 0 Å². The largest absolute Gasteiger partial charge is 0.317 e. The zero-order valence-electron chi connectivity index (χ0n) is 13.5. The lowest BCUT2D eigenvalue weighted by atomic mass is 9.43. The smallest absolute Gasteiger partial charge is 0.00412 e. The van der Waals surface area contributed by atoms with E-state index in [1.54, 1.807) is 5.56 Å². The Labute approximate surface area is 129 Å². The van der Waals surface area contributed by atoms with Crippen LogP contribution >= 0.6 is 0 Å². The maximum absolute atomic E-state index is 3.51. The van der Waals surface area contributed by atoms with Crippen molar-refractivity contribution in [3.05, 3.63) is 35.9 Å². The Morgan fingerprint density at radius 2 is 1.76 bits per heavy atom. The van der Waals surface area contributed by atoms with E-state index in [1.807, 2.05) is 0 Å². The van der Waals surface area contributed by atoms with Gasteiger partial charge in [0.15, 0.2) is 0 Å². The van der Waals surface area contributed by atoms with Crippen molar-refractivity contribution in [2.24, 2.45) is 23.2 Å². The minimum absolute atomic E-state index is 0.582. The second-order valence-electron chi connectivity index (χ2n) is 8.25. The molecule has 0 radical (unpaired) electrons. The van der Waals surface area contributed by atoms with E-state index >= 15 is 0 Å². The van der Waals surface area contributed by atoms with Gasteiger partial charge < -0.3 is 5.32 Å². The second kappa shape index (κ2) is 5.12. The Kier molecular flexibility index (Phi) is 3.37. The lowest BCUT2D eigenvalue weighted by Crippen LogP contribution is -2.53. The highest BCUT2D eigenvalue weighted by Crippen LogP contribution is 2.67. The van der Waals surface area contributed by atoms with Gasteiger partial charge in [0.05, 0.1) is 0 Å². The Hall–Kier alpha value is -0.820. The van der Waals surface area contributed by atoms with Crippen molar-refractivity contribution in [1.29, 1.82) is 0 Å². The minimum Gasteiger partial charge on any atom is -0.317 e. The lowest BCUT2D eigenvalue weighted by molar-refractivity contribution is -0.0835. The quantitative estimate of drug-likeness (QED) is 0.852. The predicted molar refractivity (Wildman–Crippen MR) is 88.3 cm³/mol. The van der Waals surface area contributed by atoms with Gasteiger partial charge in [0.25, 0.3) is 0 Å². The molecule has 1 N–H and O–H groups in total. The fraction of sp³-hybridized carbons (Fsp3) is 0.700. The SMILES string of the molecule is CN[C@H](C)CC12C[C@@H]3CC(C[C@H](C3)C1)[C@H]2c1ccccc1. The molecule has 4 saturated carbocycles. The summed E-state index contributed by atoms with van der Waals surface area (Å²) in [5.74, 6) is 3.85. The van der Waals surface area contributed by atoms with Crippen LogP contribution in [0.25, 0.3) is 0 Å². The number of benzene rings is 1. The van der Waals surface area contributed by atoms with Crippen molar-refractivity contribution in [3.8, 4) is 0 Å². The average Bonchev–Trinajstić information content (AvgIpc) is 2.46. The van der Waals surface area contributed by atoms with Gasteiger partial charge in [-0.1, -0.05) is 30.3 Å². The molecule has 114 valence electrons. The fourth-order valence-corrected chi connectivity index (χ4v) is 6.50. The zero-order valence-corrected chi connectivity index (χ0v) is 13.5. The van der Waals surface area contributed by atoms with Gasteiger partial charge in [-0.2, -0.15) is 0 Å². The van der Waals surface area contributed by atoms with Crippen molar-refractivity contribution >= 4 is 0 Å². The number of rotatable bonds is 4. The van der Waals surface area contributed by atoms with Crippen LogP contribution in [-0.4, -0.2) is 13.1 Å². The van der Waals surface area contributed by atoms with Crippen LogP contribution in [0.1, 0.15) is 56.9 Å². The molecule has 1 nitrogen and oxygen atoms in total. The van der Waals surface area contributed by atoms with Crippen molar-refractivity contribution in [3.63, 3.8) is 0 Å². The molecule has 1 aromatic rings. The van der Waals surface area contributed by atoms with Crippen LogP contribution < -0.4 is 5.32 Å². The Balaban J connectivity index is 1.72. The maximum atomic E-state index is 3.51. The summed E-state index contributed by atoms with van der Waals surface area (Å²) in [4.78, 5) is 0. The summed E-state index contributed by atoms with van der Waals surface area (Å²) in [6.45, 7) is 2.38. The molecule has 21 heavy (non-hydrogen) atoms. The summed E-state index contributed by atoms with van der Waals surface area (Å²) in [6.07, 6.45) is 8.90. The molecular formula is C20H29N. The van der Waals surface area contributed by atoms with E-state index in [2.05, 4.69) is 49.6 Å². The number of hydrogen-bond donors (Lipinski definition) is 1. The first-order valence-corrected chi connectivity index (χ1v) is 8.92. The molecule has 0 aliphatic heterocycles. The van der Waals surface area contributed by atoms with Crippen LogP contribution in [0.3, 0.4) is 0 Å².